The number of amides is 17. The van der Waals surface area contributed by atoms with Gasteiger partial charge in [0.25, 0.3) is 0 Å². The minimum atomic E-state index is -1.86. The van der Waals surface area contributed by atoms with Crippen LogP contribution in [0.25, 0.3) is 21.8 Å². The summed E-state index contributed by atoms with van der Waals surface area (Å²) in [6.07, 6.45) is 5.08. The highest BCUT2D eigenvalue weighted by molar-refractivity contribution is 8.00. The van der Waals surface area contributed by atoms with E-state index < -0.39 is 223 Å². The number of nitrogens with two attached hydrogens (primary N) is 3. The molecule has 726 valence electrons. The van der Waals surface area contributed by atoms with Gasteiger partial charge in [0.15, 0.2) is 5.96 Å². The number of imidazole rings is 1. The lowest BCUT2D eigenvalue weighted by Crippen LogP contribution is -2.61. The van der Waals surface area contributed by atoms with E-state index in [2.05, 4.69) is 83.7 Å². The Bertz CT molecular complexity index is 5330. The minimum Gasteiger partial charge on any atom is -0.394 e. The Kier molecular flexibility index (Phi) is 39.5. The number of aliphatic hydroxyl groups excluding tert-OH is 1. The van der Waals surface area contributed by atoms with Crippen molar-refractivity contribution in [1.82, 2.24) is 103 Å². The van der Waals surface area contributed by atoms with Crippen LogP contribution in [0, 0.1) is 11.3 Å². The highest BCUT2D eigenvalue weighted by atomic mass is 32.2. The SMILES string of the molecule is CCCC[C@H]1C(=O)N[C@@H](CCCNC(=N)N)C(=O)N[C@H](C(=O)NCC(N)=O)CSCC(=O)N[C@@H](Cc2ccccc2)C(=O)N(C)[C@@H](C)C(=O)N[C@@H](CC(N)=O)C(=O)N2CCC[C@H]2C(=O)N[C@@H](Cc2cnc[nH]2)C(=O)N[C@@H](CC(C)C)C(=O)N(C)CC(=O)N[C@@H](CCc2c[nH]c3ccccc23)C(=O)N[C@@H](CO)C(=O)N[C@@H](Cc2c[nH]c3ccccc23)C(=O)N[C@@H](Cc2ccccc2)C(=O)N1C. The van der Waals surface area contributed by atoms with Crippen molar-refractivity contribution >= 4 is 140 Å². The molecule has 2 saturated heterocycles. The molecule has 0 saturated carbocycles. The van der Waals surface area contributed by atoms with E-state index in [1.807, 2.05) is 31.2 Å². The maximum absolute atomic E-state index is 15.7. The second kappa shape index (κ2) is 51.1. The first kappa shape index (κ1) is 104. The van der Waals surface area contributed by atoms with Gasteiger partial charge < -0.3 is 121 Å². The molecule has 2 aliphatic rings. The van der Waals surface area contributed by atoms with Crippen molar-refractivity contribution in [2.24, 2.45) is 23.1 Å². The number of thioether (sulfide) groups is 1. The summed E-state index contributed by atoms with van der Waals surface area (Å²) in [4.78, 5) is 266. The highest BCUT2D eigenvalue weighted by Gasteiger charge is 2.44. The Hall–Kier alpha value is -14.3. The minimum absolute atomic E-state index is 0.0105. The van der Waals surface area contributed by atoms with E-state index in [0.717, 1.165) is 47.8 Å². The number of hydrogen-bond acceptors (Lipinski definition) is 21. The third kappa shape index (κ3) is 30.9. The van der Waals surface area contributed by atoms with Gasteiger partial charge in [-0.15, -0.1) is 11.8 Å². The van der Waals surface area contributed by atoms with Crippen LogP contribution < -0.4 is 81.0 Å². The van der Waals surface area contributed by atoms with E-state index in [4.69, 9.17) is 22.6 Å². The molecule has 5 heterocycles. The second-order valence-electron chi connectivity index (χ2n) is 34.1. The van der Waals surface area contributed by atoms with E-state index in [1.54, 1.807) is 111 Å². The molecule has 135 heavy (non-hydrogen) atoms. The smallest absolute Gasteiger partial charge is 0.246 e. The maximum atomic E-state index is 15.7. The second-order valence-corrected chi connectivity index (χ2v) is 35.2. The third-order valence-corrected chi connectivity index (χ3v) is 24.4. The fraction of sp³-hybridized carbons (Fsp3) is 0.467. The van der Waals surface area contributed by atoms with Gasteiger partial charge >= 0.3 is 0 Å². The molecule has 17 amide bonds. The lowest BCUT2D eigenvalue weighted by atomic mass is 10.00. The number of rotatable bonds is 26. The largest absolute Gasteiger partial charge is 0.394 e. The number of benzene rings is 4. The van der Waals surface area contributed by atoms with Crippen molar-refractivity contribution in [2.75, 3.05) is 65.4 Å². The summed E-state index contributed by atoms with van der Waals surface area (Å²) in [5.41, 5.74) is 20.8. The molecular weight excluding hydrogens is 1760 g/mol. The standard InChI is InChI=1S/C92H124N24O18S/c1-8-9-31-73-86(129)105-63(30-20-35-98-92(95)96)81(124)112-72(80(123)101-46-76(94)119)49-135-50-78(121)104-68(38-54-22-12-10-13-23-54)89(132)114(6)53(4)79(122)108-70(42-75(93)118)91(134)116-36-21-32-74(116)87(130)107-66(41-58-45-97-51-102-58)84(127)109-67(37-52(2)3)88(131)113(5)47-77(120)103-64(34-33-56-43-99-61-28-18-16-26-59(56)61)82(125)111-71(48-117)85(128)106-65(40-57-44-100-62-29-19-17-27-60(57)62)83(126)110-69(90(133)115(73)7)39-55-24-14-11-15-25-55/h10-19,22-29,43-45,51-53,63-74,99-100,117H,8-9,20-21,30-42,46-50H2,1-7H3,(H2,93,118)(H2,94,119)(H,97,102)(H,101,123)(H,103,120)(H,104,121)(H,105,129)(H,106,128)(H,107,130)(H,108,122)(H,109,127)(H,110,126)(H,111,125)(H,112,124)(H4,95,96,98)/t53-,63-,64-,65-,66-,67-,68-,69-,70-,71-,72-,73-,74-/m0/s1. The number of primary amides is 2. The van der Waals surface area contributed by atoms with E-state index in [0.29, 0.717) is 46.1 Å². The number of aliphatic hydroxyl groups is 1. The number of aromatic amines is 3. The molecular formula is C92H124N24O18S. The molecule has 13 atom stereocenters. The van der Waals surface area contributed by atoms with E-state index in [1.165, 1.54) is 40.6 Å². The van der Waals surface area contributed by atoms with Crippen LogP contribution in [0.15, 0.2) is 134 Å². The molecule has 23 N–H and O–H groups in total. The van der Waals surface area contributed by atoms with E-state index in [-0.39, 0.29) is 96.1 Å². The van der Waals surface area contributed by atoms with Crippen molar-refractivity contribution in [3.63, 3.8) is 0 Å². The molecule has 3 aromatic heterocycles. The zero-order chi connectivity index (χ0) is 98.1. The van der Waals surface area contributed by atoms with Crippen molar-refractivity contribution < 1.29 is 86.6 Å². The summed E-state index contributed by atoms with van der Waals surface area (Å²) in [6, 6.07) is 11.3. The van der Waals surface area contributed by atoms with Crippen molar-refractivity contribution in [2.45, 2.75) is 203 Å². The molecule has 0 unspecified atom stereocenters. The molecule has 4 aromatic carbocycles. The topological polar surface area (TPSA) is 630 Å². The number of unbranched alkanes of at least 4 members (excludes halogenated alkanes) is 1. The lowest BCUT2D eigenvalue weighted by Gasteiger charge is -2.33. The molecule has 2 aliphatic heterocycles. The number of para-hydroxylation sites is 2. The fourth-order valence-corrected chi connectivity index (χ4v) is 16.9. The number of aromatic nitrogens is 4. The van der Waals surface area contributed by atoms with Crippen LogP contribution in [-0.2, 0) is 114 Å². The van der Waals surface area contributed by atoms with Gasteiger partial charge in [0, 0.05) is 112 Å². The number of hydrogen-bond donors (Lipinski definition) is 20. The number of H-pyrrole nitrogens is 3. The highest BCUT2D eigenvalue weighted by Crippen LogP contribution is 2.26. The molecule has 0 spiro atoms. The molecule has 0 bridgehead atoms. The van der Waals surface area contributed by atoms with Crippen LogP contribution in [0.1, 0.15) is 120 Å². The maximum Gasteiger partial charge on any atom is 0.246 e. The number of fused-ring (bicyclic) bond motifs is 3. The number of nitrogens with zero attached hydrogens (tertiary/aromatic N) is 5. The predicted molar refractivity (Wildman–Crippen MR) is 500 cm³/mol. The number of aryl methyl sites for hydroxylation is 1. The van der Waals surface area contributed by atoms with Gasteiger partial charge in [-0.1, -0.05) is 131 Å². The van der Waals surface area contributed by atoms with Gasteiger partial charge in [-0.3, -0.25) is 86.9 Å². The van der Waals surface area contributed by atoms with Gasteiger partial charge in [0.05, 0.1) is 38.2 Å². The zero-order valence-electron chi connectivity index (χ0n) is 76.6. The summed E-state index contributed by atoms with van der Waals surface area (Å²) in [5.74, 6) is -17.4. The first-order chi connectivity index (χ1) is 64.5. The molecule has 2 fully saturated rings. The van der Waals surface area contributed by atoms with Crippen molar-refractivity contribution in [3.05, 3.63) is 162 Å². The molecule has 7 aromatic rings. The number of carbonyl (C=O) groups is 17. The molecule has 42 nitrogen and oxygen atoms in total. The average molecular weight is 1890 g/mol. The van der Waals surface area contributed by atoms with Gasteiger partial charge in [-0.25, -0.2) is 4.98 Å². The summed E-state index contributed by atoms with van der Waals surface area (Å²) in [6.45, 7) is 4.04. The van der Waals surface area contributed by atoms with Crippen LogP contribution >= 0.6 is 11.8 Å². The third-order valence-electron chi connectivity index (χ3n) is 23.4. The van der Waals surface area contributed by atoms with Gasteiger partial charge in [0.1, 0.15) is 78.5 Å². The first-order valence-corrected chi connectivity index (χ1v) is 46.0. The Balaban J connectivity index is 1.09. The Labute approximate surface area is 784 Å². The molecule has 0 radical (unpaired) electrons. The van der Waals surface area contributed by atoms with Crippen molar-refractivity contribution in [3.8, 4) is 0 Å². The van der Waals surface area contributed by atoms with Crippen LogP contribution in [0.5, 0.6) is 0 Å². The summed E-state index contributed by atoms with van der Waals surface area (Å²) < 4.78 is 0. The quantitative estimate of drug-likeness (QED) is 0.0158. The molecule has 9 rings (SSSR count). The summed E-state index contributed by atoms with van der Waals surface area (Å²) >= 11 is 0.789. The van der Waals surface area contributed by atoms with Gasteiger partial charge in [0.2, 0.25) is 100 Å². The Morgan fingerprint density at radius 2 is 1.07 bits per heavy atom. The average Bonchev–Trinajstić information content (AvgIpc) is 1.75. The fourth-order valence-electron chi connectivity index (χ4n) is 16.0. The van der Waals surface area contributed by atoms with Crippen LogP contribution in [-0.4, -0.2) is 295 Å². The summed E-state index contributed by atoms with van der Waals surface area (Å²) in [5, 5.41) is 52.4. The first-order valence-electron chi connectivity index (χ1n) is 44.9. The van der Waals surface area contributed by atoms with Gasteiger partial charge in [-0.05, 0) is 98.6 Å². The Morgan fingerprint density at radius 1 is 0.533 bits per heavy atom. The van der Waals surface area contributed by atoms with Crippen LogP contribution in [0.2, 0.25) is 0 Å². The Morgan fingerprint density at radius 3 is 1.67 bits per heavy atom. The number of carbonyl (C=O) groups excluding carboxylic acids is 17. The number of guanidine groups is 1. The number of nitrogens with one attached hydrogen (secondary N) is 16. The van der Waals surface area contributed by atoms with Gasteiger partial charge in [-0.2, -0.15) is 0 Å². The predicted octanol–water partition coefficient (Wildman–Crippen LogP) is -2.04. The zero-order valence-corrected chi connectivity index (χ0v) is 77.4. The number of likely N-dealkylation sites (N-methyl/N-ethyl adjacent to an activating group) is 3. The van der Waals surface area contributed by atoms with Crippen LogP contribution in [0.3, 0.4) is 0 Å². The monoisotopic (exact) mass is 1880 g/mol. The van der Waals surface area contributed by atoms with E-state index in [9.17, 15) is 62.6 Å². The molecule has 43 heteroatoms. The van der Waals surface area contributed by atoms with E-state index >= 15 is 24.0 Å². The molecule has 0 aliphatic carbocycles. The van der Waals surface area contributed by atoms with Crippen molar-refractivity contribution in [1.29, 1.82) is 5.41 Å². The normalized spacial score (nSPS) is 23.1. The summed E-state index contributed by atoms with van der Waals surface area (Å²) in [7, 11) is 3.86. The van der Waals surface area contributed by atoms with Crippen LogP contribution in [0.4, 0.5) is 0 Å². The lowest BCUT2D eigenvalue weighted by molar-refractivity contribution is -0.145.